The fourth-order valence-corrected chi connectivity index (χ4v) is 1.73. The second-order valence-electron chi connectivity index (χ2n) is 3.82. The van der Waals surface area contributed by atoms with Crippen LogP contribution in [0, 0.1) is 11.6 Å². The summed E-state index contributed by atoms with van der Waals surface area (Å²) in [5.74, 6) is -0.849. The van der Waals surface area contributed by atoms with Crippen molar-refractivity contribution in [1.29, 1.82) is 0 Å². The van der Waals surface area contributed by atoms with Gasteiger partial charge in [0, 0.05) is 10.6 Å². The molecule has 0 amide bonds. The minimum atomic E-state index is -0.567. The highest BCUT2D eigenvalue weighted by atomic mass is 35.5. The highest BCUT2D eigenvalue weighted by Crippen LogP contribution is 2.22. The second-order valence-corrected chi connectivity index (χ2v) is 4.26. The Bertz CT molecular complexity index is 614. The van der Waals surface area contributed by atoms with E-state index in [-0.39, 0.29) is 23.5 Å². The van der Waals surface area contributed by atoms with Gasteiger partial charge in [-0.15, -0.1) is 0 Å². The molecule has 0 unspecified atom stereocenters. The summed E-state index contributed by atoms with van der Waals surface area (Å²) in [6.45, 7) is -0.175. The number of carbonyl (C=O) groups is 1. The largest absolute Gasteiger partial charge is 0.488 e. The second kappa shape index (κ2) is 5.80. The van der Waals surface area contributed by atoms with E-state index in [0.29, 0.717) is 11.3 Å². The van der Waals surface area contributed by atoms with Gasteiger partial charge in [-0.1, -0.05) is 11.6 Å². The van der Waals surface area contributed by atoms with Gasteiger partial charge in [0.15, 0.2) is 6.29 Å². The molecule has 2 nitrogen and oxygen atoms in total. The Labute approximate surface area is 113 Å². The lowest BCUT2D eigenvalue weighted by atomic mass is 10.2. The summed E-state index contributed by atoms with van der Waals surface area (Å²) in [5.41, 5.74) is 0.330. The zero-order valence-corrected chi connectivity index (χ0v) is 10.5. The van der Waals surface area contributed by atoms with E-state index in [1.807, 2.05) is 0 Å². The number of benzene rings is 2. The average molecular weight is 283 g/mol. The monoisotopic (exact) mass is 282 g/mol. The molecule has 0 bridgehead atoms. The minimum Gasteiger partial charge on any atom is -0.488 e. The van der Waals surface area contributed by atoms with Crippen LogP contribution in [0.5, 0.6) is 5.75 Å². The van der Waals surface area contributed by atoms with E-state index in [0.717, 1.165) is 18.2 Å². The van der Waals surface area contributed by atoms with Gasteiger partial charge in [0.25, 0.3) is 0 Å². The van der Waals surface area contributed by atoms with Gasteiger partial charge < -0.3 is 4.74 Å². The van der Waals surface area contributed by atoms with Crippen molar-refractivity contribution in [2.45, 2.75) is 6.61 Å². The Morgan fingerprint density at radius 1 is 1.16 bits per heavy atom. The van der Waals surface area contributed by atoms with E-state index >= 15 is 0 Å². The predicted octanol–water partition coefficient (Wildman–Crippen LogP) is 4.01. The molecule has 5 heteroatoms. The molecule has 0 aliphatic carbocycles. The van der Waals surface area contributed by atoms with Crippen molar-refractivity contribution < 1.29 is 18.3 Å². The lowest BCUT2D eigenvalue weighted by molar-refractivity contribution is 0.111. The third-order valence-electron chi connectivity index (χ3n) is 2.49. The molecule has 0 N–H and O–H groups in total. The zero-order chi connectivity index (χ0) is 13.8. The maximum atomic E-state index is 13.4. The van der Waals surface area contributed by atoms with Crippen LogP contribution in [0.3, 0.4) is 0 Å². The van der Waals surface area contributed by atoms with Crippen molar-refractivity contribution >= 4 is 17.9 Å². The van der Waals surface area contributed by atoms with Crippen molar-refractivity contribution in [3.63, 3.8) is 0 Å². The van der Waals surface area contributed by atoms with Crippen LogP contribution in [0.15, 0.2) is 36.4 Å². The molecule has 0 aliphatic rings. The number of hydrogen-bond acceptors (Lipinski definition) is 2. The van der Waals surface area contributed by atoms with Crippen molar-refractivity contribution in [1.82, 2.24) is 0 Å². The molecule has 0 aliphatic heterocycles. The SMILES string of the molecule is O=Cc1cc(Cl)ccc1OCc1cc(F)ccc1F. The summed E-state index contributed by atoms with van der Waals surface area (Å²) in [5, 5.41) is 0.395. The van der Waals surface area contributed by atoms with E-state index in [2.05, 4.69) is 0 Å². The Balaban J connectivity index is 2.18. The molecular formula is C14H9ClF2O2. The molecule has 2 aromatic carbocycles. The van der Waals surface area contributed by atoms with Gasteiger partial charge in [-0.05, 0) is 36.4 Å². The first-order valence-electron chi connectivity index (χ1n) is 5.41. The lowest BCUT2D eigenvalue weighted by Gasteiger charge is -2.09. The number of aldehydes is 1. The van der Waals surface area contributed by atoms with Gasteiger partial charge in [-0.2, -0.15) is 0 Å². The maximum absolute atomic E-state index is 13.4. The van der Waals surface area contributed by atoms with Crippen LogP contribution >= 0.6 is 11.6 Å². The first-order chi connectivity index (χ1) is 9.10. The Kier molecular flexibility index (Phi) is 4.12. The molecule has 2 rings (SSSR count). The number of ether oxygens (including phenoxy) is 1. The van der Waals surface area contributed by atoms with Gasteiger partial charge in [-0.25, -0.2) is 8.78 Å². The van der Waals surface area contributed by atoms with Crippen LogP contribution in [-0.4, -0.2) is 6.29 Å². The van der Waals surface area contributed by atoms with E-state index in [1.54, 1.807) is 6.07 Å². The molecule has 0 aromatic heterocycles. The number of hydrogen-bond donors (Lipinski definition) is 0. The summed E-state index contributed by atoms with van der Waals surface area (Å²) in [7, 11) is 0. The number of carbonyl (C=O) groups excluding carboxylic acids is 1. The molecule has 98 valence electrons. The highest BCUT2D eigenvalue weighted by molar-refractivity contribution is 6.30. The van der Waals surface area contributed by atoms with E-state index in [1.165, 1.54) is 12.1 Å². The molecule has 0 saturated carbocycles. The van der Waals surface area contributed by atoms with E-state index in [9.17, 15) is 13.6 Å². The number of halogens is 3. The van der Waals surface area contributed by atoms with Crippen LogP contribution < -0.4 is 4.74 Å². The predicted molar refractivity (Wildman–Crippen MR) is 67.5 cm³/mol. The third kappa shape index (κ3) is 3.29. The Morgan fingerprint density at radius 3 is 2.68 bits per heavy atom. The van der Waals surface area contributed by atoms with Crippen LogP contribution in [0.2, 0.25) is 5.02 Å². The molecule has 2 aromatic rings. The summed E-state index contributed by atoms with van der Waals surface area (Å²) in [4.78, 5) is 10.8. The Morgan fingerprint density at radius 2 is 1.95 bits per heavy atom. The van der Waals surface area contributed by atoms with Gasteiger partial charge >= 0.3 is 0 Å². The standard InChI is InChI=1S/C14H9ClF2O2/c15-11-1-4-14(9(5-11)7-18)19-8-10-6-12(16)2-3-13(10)17/h1-7H,8H2. The van der Waals surface area contributed by atoms with Crippen molar-refractivity contribution in [3.05, 3.63) is 64.2 Å². The van der Waals surface area contributed by atoms with Crippen molar-refractivity contribution in [2.24, 2.45) is 0 Å². The molecule has 0 spiro atoms. The van der Waals surface area contributed by atoms with Crippen molar-refractivity contribution in [3.8, 4) is 5.75 Å². The van der Waals surface area contributed by atoms with Gasteiger partial charge in [0.2, 0.25) is 0 Å². The zero-order valence-electron chi connectivity index (χ0n) is 9.70. The van der Waals surface area contributed by atoms with Crippen LogP contribution in [0.1, 0.15) is 15.9 Å². The smallest absolute Gasteiger partial charge is 0.153 e. The van der Waals surface area contributed by atoms with Gasteiger partial charge in [-0.3, -0.25) is 4.79 Å². The number of rotatable bonds is 4. The summed E-state index contributed by atoms with van der Waals surface area (Å²) >= 11 is 5.73. The van der Waals surface area contributed by atoms with Gasteiger partial charge in [0.05, 0.1) is 5.56 Å². The Hall–Kier alpha value is -1.94. The van der Waals surface area contributed by atoms with Crippen LogP contribution in [0.25, 0.3) is 0 Å². The first kappa shape index (κ1) is 13.5. The first-order valence-corrected chi connectivity index (χ1v) is 5.79. The van der Waals surface area contributed by atoms with Crippen LogP contribution in [0.4, 0.5) is 8.78 Å². The van der Waals surface area contributed by atoms with Crippen molar-refractivity contribution in [2.75, 3.05) is 0 Å². The molecule has 0 radical (unpaired) electrons. The average Bonchev–Trinajstić information content (AvgIpc) is 2.40. The summed E-state index contributed by atoms with van der Waals surface area (Å²) < 4.78 is 31.7. The fourth-order valence-electron chi connectivity index (χ4n) is 1.55. The molecule has 19 heavy (non-hydrogen) atoms. The van der Waals surface area contributed by atoms with Crippen LogP contribution in [-0.2, 0) is 6.61 Å². The van der Waals surface area contributed by atoms with Gasteiger partial charge in [0.1, 0.15) is 24.0 Å². The third-order valence-corrected chi connectivity index (χ3v) is 2.72. The summed E-state index contributed by atoms with van der Waals surface area (Å²) in [6, 6.07) is 7.58. The summed E-state index contributed by atoms with van der Waals surface area (Å²) in [6.07, 6.45) is 0.586. The van der Waals surface area contributed by atoms with E-state index < -0.39 is 11.6 Å². The molecule has 0 heterocycles. The normalized spacial score (nSPS) is 10.3. The molecule has 0 saturated heterocycles. The van der Waals surface area contributed by atoms with E-state index in [4.69, 9.17) is 16.3 Å². The molecule has 0 fully saturated rings. The quantitative estimate of drug-likeness (QED) is 0.792. The fraction of sp³-hybridized carbons (Fsp3) is 0.0714. The molecule has 0 atom stereocenters. The molecular weight excluding hydrogens is 274 g/mol. The minimum absolute atomic E-state index is 0.0757. The topological polar surface area (TPSA) is 26.3 Å². The highest BCUT2D eigenvalue weighted by Gasteiger charge is 2.08. The lowest BCUT2D eigenvalue weighted by Crippen LogP contribution is -2.01. The maximum Gasteiger partial charge on any atom is 0.153 e.